The second-order valence-electron chi connectivity index (χ2n) is 20.2. The van der Waals surface area contributed by atoms with E-state index in [1.54, 1.807) is 19.0 Å². The van der Waals surface area contributed by atoms with Crippen molar-refractivity contribution in [3.63, 3.8) is 0 Å². The van der Waals surface area contributed by atoms with Crippen LogP contribution in [-0.2, 0) is 69.2 Å². The first-order chi connectivity index (χ1) is 43.7. The number of halogens is 9. The SMILES string of the molecule is C.CB(O)N1CC=C(c2cccc([N+](=O)[O-])c2)CC1.CB(O)N1CCC(c2cccc(N)c2)CC1.O=C[B]N1CC=C(OS(=O)(=O)C(F)(F)F)CC1.O=C[B]N1CCC(=O)CC1.O=S(=O)(N(c1ccccc1)S(=O)(=O)C(F)(F)F)C(F)(F)F.O=[N+]([O-])c1cccc(B(O)O)c1.[HH].[Pd]. The molecule has 0 aromatic heterocycles. The number of rotatable bonds is 16. The molecule has 6 N–H and O–H groups in total. The predicted molar refractivity (Wildman–Crippen MR) is 341 cm³/mol. The Hall–Kier alpha value is -6.54. The molecule has 4 aliphatic heterocycles. The molecule has 44 heteroatoms. The summed E-state index contributed by atoms with van der Waals surface area (Å²) in [6.07, 6.45) is 8.67. The molecule has 4 aromatic rings. The molecule has 4 aliphatic rings. The Morgan fingerprint density at radius 2 is 1.14 bits per heavy atom. The summed E-state index contributed by atoms with van der Waals surface area (Å²) in [5.74, 6) is 0.631. The maximum Gasteiger partial charge on any atom is 0.534 e. The van der Waals surface area contributed by atoms with E-state index >= 15 is 0 Å². The quantitative estimate of drug-likeness (QED) is 0.0137. The maximum atomic E-state index is 12.4. The van der Waals surface area contributed by atoms with Gasteiger partial charge in [0.25, 0.3) is 26.2 Å². The minimum atomic E-state index is -6.81. The van der Waals surface area contributed by atoms with Gasteiger partial charge in [-0.3, -0.25) is 25.0 Å². The number of nitrogens with two attached hydrogens (primary N) is 1. The minimum Gasteiger partial charge on any atom is -0.437 e. The smallest absolute Gasteiger partial charge is 0.437 e. The van der Waals surface area contributed by atoms with Gasteiger partial charge in [-0.1, -0.05) is 68.1 Å². The van der Waals surface area contributed by atoms with E-state index in [-0.39, 0.29) is 83.4 Å². The zero-order valence-corrected chi connectivity index (χ0v) is 54.1. The van der Waals surface area contributed by atoms with Crippen molar-refractivity contribution in [1.29, 1.82) is 0 Å². The Labute approximate surface area is 565 Å². The number of nitro benzene ring substituents is 2. The van der Waals surface area contributed by atoms with Gasteiger partial charge in [0.1, 0.15) is 11.5 Å². The molecule has 26 nitrogen and oxygen atoms in total. The number of alkyl halides is 9. The van der Waals surface area contributed by atoms with Gasteiger partial charge in [0, 0.05) is 84.2 Å². The van der Waals surface area contributed by atoms with Crippen LogP contribution in [0, 0.1) is 20.2 Å². The van der Waals surface area contributed by atoms with E-state index in [4.69, 9.17) is 15.8 Å². The normalized spacial score (nSPS) is 15.8. The van der Waals surface area contributed by atoms with Gasteiger partial charge in [-0.15, -0.1) is 3.71 Å². The van der Waals surface area contributed by atoms with Gasteiger partial charge >= 0.3 is 67.9 Å². The Balaban J connectivity index is 0.00000115. The van der Waals surface area contributed by atoms with Crippen LogP contribution in [0.3, 0.4) is 0 Å². The van der Waals surface area contributed by atoms with E-state index in [9.17, 15) is 109 Å². The first-order valence-electron chi connectivity index (χ1n) is 27.7. The number of Topliss-reactive ketones (excluding diaryl/α,β-unsaturated/α-hetero) is 1. The molecule has 8 rings (SSSR count). The van der Waals surface area contributed by atoms with Gasteiger partial charge in [0.2, 0.25) is 0 Å². The molecule has 96 heavy (non-hydrogen) atoms. The van der Waals surface area contributed by atoms with E-state index in [1.807, 2.05) is 40.7 Å². The summed E-state index contributed by atoms with van der Waals surface area (Å²) in [6, 6.07) is 23.9. The van der Waals surface area contributed by atoms with Crippen molar-refractivity contribution in [2.45, 2.75) is 82.0 Å². The van der Waals surface area contributed by atoms with Gasteiger partial charge in [-0.2, -0.15) is 64.8 Å². The zero-order chi connectivity index (χ0) is 71.0. The second-order valence-corrected chi connectivity index (χ2v) is 25.6. The van der Waals surface area contributed by atoms with Crippen LogP contribution in [0.1, 0.15) is 64.4 Å². The largest absolute Gasteiger partial charge is 0.534 e. The Morgan fingerprint density at radius 3 is 1.57 bits per heavy atom. The van der Waals surface area contributed by atoms with Gasteiger partial charge in [-0.05, 0) is 131 Å². The van der Waals surface area contributed by atoms with Gasteiger partial charge < -0.3 is 58.8 Å². The summed E-state index contributed by atoms with van der Waals surface area (Å²) in [7, 11) is -18.9. The number of carbonyl (C=O) groups excluding carboxylic acids is 3. The molecular formula is C52H68B5F9N8O18PdS3. The fraction of sp³-hybridized carbons (Fsp3) is 0.404. The van der Waals surface area contributed by atoms with Gasteiger partial charge in [-0.25, -0.2) is 0 Å². The third kappa shape index (κ3) is 27.8. The first kappa shape index (κ1) is 87.5. The molecule has 0 aliphatic carbocycles. The number of sulfonamides is 2. The Bertz CT molecular complexity index is 3550. The topological polar surface area (TPSA) is 372 Å². The standard InChI is InChI=1S/C12H15BN2O3.C12H19BN2O.C8H5F6NO4S2.C7H8BF3NO4S.C6H6BNO4.C6H9BNO2.CH4.Pd.H2/c1-13(16)14-7-5-10(6-8-14)11-3-2-4-12(9-11)15(17)18;1-13(16)15-7-5-10(6-8-15)11-3-2-4-12(14)9-11;9-7(10,11)20(16,17)15(6-4-2-1-3-5-6)21(18,19)8(12,13)14;9-7(10,11)17(14,15)16-6-1-3-12(4-2-6)8-5-13;9-7(10)5-2-1-3-6(4-5)8(11)12;9-5-7-8-3-1-6(10)2-4-8;;;/h2-5,9,16H,6-8H2,1H3;2-4,9-10,16H,5-8,14H2,1H3;1-5H;1,5H,2-4H2;1-4,9-10H;5H,1-4H2;1H4;;1H. The van der Waals surface area contributed by atoms with Crippen LogP contribution < -0.4 is 14.9 Å². The van der Waals surface area contributed by atoms with Crippen LogP contribution in [0.4, 0.5) is 62.3 Å². The number of nitrogens with zero attached hydrogens (tertiary/aromatic N) is 7. The summed E-state index contributed by atoms with van der Waals surface area (Å²) in [5, 5.41) is 57.2. The molecule has 0 atom stereocenters. The van der Waals surface area contributed by atoms with Gasteiger partial charge in [0.05, 0.1) is 27.9 Å². The van der Waals surface area contributed by atoms with Crippen molar-refractivity contribution in [3.8, 4) is 0 Å². The molecule has 0 saturated carbocycles. The van der Waals surface area contributed by atoms with E-state index in [0.29, 0.717) is 62.5 Å². The van der Waals surface area contributed by atoms with Crippen LogP contribution in [0.2, 0.25) is 13.6 Å². The molecule has 2 radical (unpaired) electrons. The Kier molecular flexibility index (Phi) is 36.2. The number of nitro groups is 2. The number of benzene rings is 4. The number of hydrogen-bond acceptors (Lipinski definition) is 23. The number of hydrogen-bond donors (Lipinski definition) is 5. The summed E-state index contributed by atoms with van der Waals surface area (Å²) >= 11 is 0. The molecule has 2 saturated heterocycles. The van der Waals surface area contributed by atoms with Crippen molar-refractivity contribution in [3.05, 3.63) is 152 Å². The summed E-state index contributed by atoms with van der Waals surface area (Å²) in [6.45, 7) is 8.72. The van der Waals surface area contributed by atoms with Crippen LogP contribution in [0.15, 0.2) is 121 Å². The number of carbonyl (C=O) groups is 3. The molecule has 4 heterocycles. The Morgan fingerprint density at radius 1 is 0.635 bits per heavy atom. The molecule has 2 fully saturated rings. The third-order valence-electron chi connectivity index (χ3n) is 13.6. The average Bonchev–Trinajstić information content (AvgIpc) is 0.743. The zero-order valence-electron chi connectivity index (χ0n) is 50.1. The molecule has 4 aromatic carbocycles. The summed E-state index contributed by atoms with van der Waals surface area (Å²) in [5.41, 5.74) is -9.16. The number of para-hydroxylation sites is 1. The first-order valence-corrected chi connectivity index (χ1v) is 31.9. The number of piperidine rings is 2. The number of anilines is 2. The number of ketones is 1. The fourth-order valence-corrected chi connectivity index (χ4v) is 11.9. The van der Waals surface area contributed by atoms with Crippen LogP contribution in [-0.4, -0.2) is 198 Å². The predicted octanol–water partition coefficient (Wildman–Crippen LogP) is 5.41. The minimum absolute atomic E-state index is 0. The van der Waals surface area contributed by atoms with E-state index in [0.717, 1.165) is 86.2 Å². The van der Waals surface area contributed by atoms with Crippen molar-refractivity contribution in [2.75, 3.05) is 61.8 Å². The van der Waals surface area contributed by atoms with Crippen LogP contribution >= 0.6 is 0 Å². The number of non-ortho nitro benzene ring substituents is 2. The average molecular weight is 1520 g/mol. The van der Waals surface area contributed by atoms with Crippen molar-refractivity contribution in [1.82, 2.24) is 19.2 Å². The maximum absolute atomic E-state index is 12.4. The van der Waals surface area contributed by atoms with E-state index in [1.165, 1.54) is 55.5 Å². The van der Waals surface area contributed by atoms with E-state index in [2.05, 4.69) is 21.1 Å². The molecule has 0 unspecified atom stereocenters. The molecular weight excluding hydrogens is 1450 g/mol. The molecule has 0 amide bonds. The second kappa shape index (κ2) is 39.8. The van der Waals surface area contributed by atoms with Crippen molar-refractivity contribution >= 4 is 118 Å². The monoisotopic (exact) mass is 1520 g/mol. The summed E-state index contributed by atoms with van der Waals surface area (Å²) in [4.78, 5) is 58.2. The summed E-state index contributed by atoms with van der Waals surface area (Å²) < 4.78 is 179. The van der Waals surface area contributed by atoms with Crippen molar-refractivity contribution in [2.24, 2.45) is 0 Å². The molecule has 0 spiro atoms. The van der Waals surface area contributed by atoms with Crippen molar-refractivity contribution < 1.29 is 135 Å². The van der Waals surface area contributed by atoms with Crippen LogP contribution in [0.25, 0.3) is 5.57 Å². The number of nitrogen functional groups attached to an aromatic ring is 1. The molecule has 0 bridgehead atoms. The van der Waals surface area contributed by atoms with E-state index < -0.39 is 75.2 Å². The fourth-order valence-electron chi connectivity index (χ4n) is 8.63. The van der Waals surface area contributed by atoms with Gasteiger partial charge in [0.15, 0.2) is 0 Å². The third-order valence-corrected chi connectivity index (χ3v) is 18.2. The molecule has 530 valence electrons. The van der Waals surface area contributed by atoms with Crippen LogP contribution in [0.5, 0.6) is 0 Å².